The summed E-state index contributed by atoms with van der Waals surface area (Å²) in [6.45, 7) is 6.66. The molecule has 124 valence electrons. The van der Waals surface area contributed by atoms with E-state index in [-0.39, 0.29) is 34.9 Å². The predicted molar refractivity (Wildman–Crippen MR) is 77.9 cm³/mol. The van der Waals surface area contributed by atoms with E-state index in [4.69, 9.17) is 4.74 Å². The molecule has 1 aromatic rings. The van der Waals surface area contributed by atoms with Gasteiger partial charge in [0, 0.05) is 20.7 Å². The quantitative estimate of drug-likeness (QED) is 0.861. The molecule has 0 N–H and O–H groups in total. The highest BCUT2D eigenvalue weighted by Gasteiger charge is 2.44. The molecule has 0 aromatic carbocycles. The third-order valence-electron chi connectivity index (χ3n) is 4.15. The number of ether oxygens (including phenoxy) is 1. The fourth-order valence-electron chi connectivity index (χ4n) is 3.20. The number of rotatable bonds is 3. The molecule has 0 aliphatic carbocycles. The Morgan fingerprint density at radius 3 is 2.55 bits per heavy atom. The lowest BCUT2D eigenvalue weighted by atomic mass is 9.83. The van der Waals surface area contributed by atoms with E-state index in [1.54, 1.807) is 12.0 Å². The van der Waals surface area contributed by atoms with Crippen molar-refractivity contribution in [2.45, 2.75) is 45.8 Å². The summed E-state index contributed by atoms with van der Waals surface area (Å²) >= 11 is 0. The van der Waals surface area contributed by atoms with E-state index >= 15 is 0 Å². The maximum Gasteiger partial charge on any atom is 0.280 e. The van der Waals surface area contributed by atoms with Crippen molar-refractivity contribution in [3.63, 3.8) is 0 Å². The first-order valence-electron chi connectivity index (χ1n) is 7.32. The van der Waals surface area contributed by atoms with Gasteiger partial charge in [-0.25, -0.2) is 8.78 Å². The Labute approximate surface area is 129 Å². The van der Waals surface area contributed by atoms with E-state index in [0.29, 0.717) is 6.54 Å². The van der Waals surface area contributed by atoms with Crippen LogP contribution in [0.25, 0.3) is 0 Å². The first-order valence-corrected chi connectivity index (χ1v) is 7.32. The molecule has 2 heterocycles. The molecule has 0 bridgehead atoms. The maximum atomic E-state index is 12.9. The zero-order valence-corrected chi connectivity index (χ0v) is 13.6. The largest absolute Gasteiger partial charge is 0.379 e. The number of halogens is 2. The molecule has 0 radical (unpaired) electrons. The number of amides is 1. The molecular formula is C15H23F2N3O2. The van der Waals surface area contributed by atoms with Gasteiger partial charge in [0.15, 0.2) is 5.69 Å². The van der Waals surface area contributed by atoms with Crippen molar-refractivity contribution in [3.8, 4) is 0 Å². The lowest BCUT2D eigenvalue weighted by Crippen LogP contribution is -2.48. The fourth-order valence-corrected chi connectivity index (χ4v) is 3.20. The summed E-state index contributed by atoms with van der Waals surface area (Å²) in [4.78, 5) is 14.4. The van der Waals surface area contributed by atoms with E-state index in [1.807, 2.05) is 20.8 Å². The smallest absolute Gasteiger partial charge is 0.280 e. The molecule has 0 spiro atoms. The topological polar surface area (TPSA) is 47.4 Å². The lowest BCUT2D eigenvalue weighted by molar-refractivity contribution is 0.0149. The van der Waals surface area contributed by atoms with Crippen LogP contribution >= 0.6 is 0 Å². The maximum absolute atomic E-state index is 12.9. The highest BCUT2D eigenvalue weighted by atomic mass is 19.3. The van der Waals surface area contributed by atoms with Crippen molar-refractivity contribution in [2.75, 3.05) is 13.7 Å². The van der Waals surface area contributed by atoms with Gasteiger partial charge >= 0.3 is 0 Å². The third-order valence-corrected chi connectivity index (χ3v) is 4.15. The van der Waals surface area contributed by atoms with Gasteiger partial charge in [-0.3, -0.25) is 9.48 Å². The minimum absolute atomic E-state index is 0.0535. The van der Waals surface area contributed by atoms with E-state index in [2.05, 4.69) is 5.10 Å². The molecule has 1 aliphatic heterocycles. The van der Waals surface area contributed by atoms with Gasteiger partial charge in [-0.2, -0.15) is 5.10 Å². The van der Waals surface area contributed by atoms with Crippen LogP contribution < -0.4 is 0 Å². The minimum Gasteiger partial charge on any atom is -0.379 e. The lowest BCUT2D eigenvalue weighted by Gasteiger charge is -2.37. The summed E-state index contributed by atoms with van der Waals surface area (Å²) in [7, 11) is 3.05. The van der Waals surface area contributed by atoms with Crippen LogP contribution in [-0.4, -0.2) is 46.4 Å². The van der Waals surface area contributed by atoms with Gasteiger partial charge in [0.1, 0.15) is 5.69 Å². The molecule has 1 saturated heterocycles. The van der Waals surface area contributed by atoms with Crippen LogP contribution in [-0.2, 0) is 11.8 Å². The van der Waals surface area contributed by atoms with Crippen LogP contribution in [0.3, 0.4) is 0 Å². The second kappa shape index (κ2) is 5.95. The Morgan fingerprint density at radius 2 is 2.09 bits per heavy atom. The average Bonchev–Trinajstić information content (AvgIpc) is 3.00. The number of aromatic nitrogens is 2. The molecule has 0 saturated carbocycles. The molecule has 22 heavy (non-hydrogen) atoms. The zero-order chi connectivity index (χ0) is 16.7. The number of carbonyl (C=O) groups excluding carboxylic acids is 1. The molecule has 0 unspecified atom stereocenters. The number of hydrogen-bond donors (Lipinski definition) is 0. The van der Waals surface area contributed by atoms with E-state index < -0.39 is 6.43 Å². The van der Waals surface area contributed by atoms with Crippen molar-refractivity contribution in [3.05, 3.63) is 17.5 Å². The number of carbonyl (C=O) groups is 1. The predicted octanol–water partition coefficient (Wildman–Crippen LogP) is 2.63. The van der Waals surface area contributed by atoms with E-state index in [0.717, 1.165) is 11.1 Å². The van der Waals surface area contributed by atoms with Gasteiger partial charge in [-0.1, -0.05) is 20.8 Å². The summed E-state index contributed by atoms with van der Waals surface area (Å²) in [6, 6.07) is 1.06. The third kappa shape index (κ3) is 2.99. The molecule has 1 aromatic heterocycles. The molecule has 5 nitrogen and oxygen atoms in total. The van der Waals surface area contributed by atoms with Crippen molar-refractivity contribution >= 4 is 5.91 Å². The first-order chi connectivity index (χ1) is 10.2. The second-order valence-corrected chi connectivity index (χ2v) is 6.75. The van der Waals surface area contributed by atoms with Crippen LogP contribution in [0.1, 0.15) is 49.8 Å². The normalized spacial score (nSPS) is 22.6. The van der Waals surface area contributed by atoms with Crippen molar-refractivity contribution in [1.29, 1.82) is 0 Å². The van der Waals surface area contributed by atoms with Crippen molar-refractivity contribution < 1.29 is 18.3 Å². The highest BCUT2D eigenvalue weighted by molar-refractivity contribution is 5.93. The molecule has 1 amide bonds. The number of nitrogens with zero attached hydrogens (tertiary/aromatic N) is 3. The molecular weight excluding hydrogens is 292 g/mol. The second-order valence-electron chi connectivity index (χ2n) is 6.75. The van der Waals surface area contributed by atoms with Crippen LogP contribution in [0.15, 0.2) is 6.07 Å². The van der Waals surface area contributed by atoms with Gasteiger partial charge in [-0.05, 0) is 17.9 Å². The van der Waals surface area contributed by atoms with Crippen LogP contribution in [0.5, 0.6) is 0 Å². The molecule has 1 fully saturated rings. The Morgan fingerprint density at radius 1 is 1.45 bits per heavy atom. The van der Waals surface area contributed by atoms with Gasteiger partial charge in [0.05, 0.1) is 12.1 Å². The fraction of sp³-hybridized carbons (Fsp3) is 0.733. The number of alkyl halides is 2. The highest BCUT2D eigenvalue weighted by Crippen LogP contribution is 2.35. The number of likely N-dealkylation sites (tertiary alicyclic amines) is 1. The average molecular weight is 315 g/mol. The van der Waals surface area contributed by atoms with E-state index in [1.165, 1.54) is 13.1 Å². The summed E-state index contributed by atoms with van der Waals surface area (Å²) in [6.07, 6.45) is -1.97. The Balaban J connectivity index is 2.30. The number of hydrogen-bond acceptors (Lipinski definition) is 3. The van der Waals surface area contributed by atoms with Gasteiger partial charge in [0.25, 0.3) is 12.3 Å². The van der Waals surface area contributed by atoms with E-state index in [9.17, 15) is 13.6 Å². The summed E-state index contributed by atoms with van der Waals surface area (Å²) in [5.41, 5.74) is -0.366. The molecule has 1 aliphatic rings. The van der Waals surface area contributed by atoms with Crippen molar-refractivity contribution in [2.24, 2.45) is 12.5 Å². The standard InChI is InChI=1S/C15H23F2N3O2/c1-15(2,3)12-11(22-5)6-7-20(12)14(21)9-8-10(13(16)17)19(4)18-9/h8,11-13H,6-7H2,1-5H3/t11-,12+/m1/s1. The monoisotopic (exact) mass is 315 g/mol. The first kappa shape index (κ1) is 16.9. The van der Waals surface area contributed by atoms with Gasteiger partial charge in [-0.15, -0.1) is 0 Å². The number of aryl methyl sites for hydroxylation is 1. The Kier molecular flexibility index (Phi) is 4.56. The SMILES string of the molecule is CO[C@@H]1CCN(C(=O)c2cc(C(F)F)n(C)n2)[C@@H]1C(C)(C)C. The Hall–Kier alpha value is -1.50. The molecule has 2 rings (SSSR count). The summed E-state index contributed by atoms with van der Waals surface area (Å²) in [5.74, 6) is -0.318. The number of methoxy groups -OCH3 is 1. The van der Waals surface area contributed by atoms with Crippen LogP contribution in [0.2, 0.25) is 0 Å². The molecule has 2 atom stereocenters. The van der Waals surface area contributed by atoms with Crippen LogP contribution in [0, 0.1) is 5.41 Å². The van der Waals surface area contributed by atoms with Gasteiger partial charge in [0.2, 0.25) is 0 Å². The molecule has 7 heteroatoms. The van der Waals surface area contributed by atoms with Crippen molar-refractivity contribution in [1.82, 2.24) is 14.7 Å². The van der Waals surface area contributed by atoms with Crippen LogP contribution in [0.4, 0.5) is 8.78 Å². The summed E-state index contributed by atoms with van der Waals surface area (Å²) < 4.78 is 32.3. The minimum atomic E-state index is -2.65. The Bertz CT molecular complexity index is 551. The van der Waals surface area contributed by atoms with Gasteiger partial charge < -0.3 is 9.64 Å². The zero-order valence-electron chi connectivity index (χ0n) is 13.6. The summed E-state index contributed by atoms with van der Waals surface area (Å²) in [5, 5.41) is 3.95.